The Morgan fingerprint density at radius 3 is 2.64 bits per heavy atom. The molecular weight excluding hydrogens is 376 g/mol. The molecule has 1 fully saturated rings. The molecule has 0 saturated carbocycles. The molecule has 0 aliphatic carbocycles. The fourth-order valence-electron chi connectivity index (χ4n) is 3.80. The number of aromatic nitrogens is 4. The van der Waals surface area contributed by atoms with Crippen molar-refractivity contribution in [1.29, 1.82) is 0 Å². The van der Waals surface area contributed by atoms with Gasteiger partial charge in [0.05, 0.1) is 34.9 Å². The lowest BCUT2D eigenvalue weighted by Crippen LogP contribution is -2.28. The maximum absolute atomic E-state index is 13.0. The van der Waals surface area contributed by atoms with E-state index in [0.717, 1.165) is 34.9 Å². The molecule has 1 saturated heterocycles. The third-order valence-electron chi connectivity index (χ3n) is 5.24. The summed E-state index contributed by atoms with van der Waals surface area (Å²) in [6, 6.07) is 9.94. The second-order valence-corrected chi connectivity index (χ2v) is 7.10. The van der Waals surface area contributed by atoms with Gasteiger partial charge < -0.3 is 10.6 Å². The number of carbonyl (C=O) groups excluding carboxylic acids is 1. The molecule has 4 rings (SSSR count). The minimum Gasteiger partial charge on any atom is -0.323 e. The van der Waals surface area contributed by atoms with E-state index in [9.17, 15) is 4.79 Å². The van der Waals surface area contributed by atoms with E-state index in [1.54, 1.807) is 4.68 Å². The Bertz CT molecular complexity index is 964. The first-order chi connectivity index (χ1) is 13.0. The van der Waals surface area contributed by atoms with Gasteiger partial charge in [-0.15, -0.1) is 12.4 Å². The van der Waals surface area contributed by atoms with Crippen molar-refractivity contribution >= 4 is 24.0 Å². The van der Waals surface area contributed by atoms with Gasteiger partial charge in [0.2, 0.25) is 5.91 Å². The van der Waals surface area contributed by atoms with E-state index in [1.165, 1.54) is 0 Å². The number of anilines is 1. The molecule has 148 valence electrons. The molecule has 2 aromatic heterocycles. The molecule has 1 aliphatic heterocycles. The normalized spacial score (nSPS) is 18.7. The molecule has 1 aliphatic rings. The van der Waals surface area contributed by atoms with Crippen LogP contribution in [0.4, 0.5) is 5.69 Å². The van der Waals surface area contributed by atoms with Gasteiger partial charge in [-0.2, -0.15) is 10.2 Å². The van der Waals surface area contributed by atoms with E-state index >= 15 is 0 Å². The molecule has 0 spiro atoms. The van der Waals surface area contributed by atoms with Crippen LogP contribution >= 0.6 is 12.4 Å². The Morgan fingerprint density at radius 1 is 1.21 bits per heavy atom. The number of carbonyl (C=O) groups is 1. The monoisotopic (exact) mass is 400 g/mol. The molecular formula is C20H25ClN6O. The fourth-order valence-corrected chi connectivity index (χ4v) is 3.80. The topological polar surface area (TPSA) is 76.8 Å². The second kappa shape index (κ2) is 8.16. The average Bonchev–Trinajstić information content (AvgIpc) is 3.37. The van der Waals surface area contributed by atoms with Crippen molar-refractivity contribution < 1.29 is 4.79 Å². The number of hydrogen-bond donors (Lipinski definition) is 2. The van der Waals surface area contributed by atoms with E-state index in [0.29, 0.717) is 6.54 Å². The van der Waals surface area contributed by atoms with Gasteiger partial charge in [0.15, 0.2) is 0 Å². The van der Waals surface area contributed by atoms with Gasteiger partial charge in [0, 0.05) is 32.3 Å². The summed E-state index contributed by atoms with van der Waals surface area (Å²) in [5.74, 6) is 0.0178. The number of amides is 1. The van der Waals surface area contributed by atoms with E-state index in [-0.39, 0.29) is 30.2 Å². The first-order valence-electron chi connectivity index (χ1n) is 9.16. The largest absolute Gasteiger partial charge is 0.323 e. The van der Waals surface area contributed by atoms with Gasteiger partial charge in [0.25, 0.3) is 0 Å². The van der Waals surface area contributed by atoms with Crippen molar-refractivity contribution in [2.75, 3.05) is 18.4 Å². The summed E-state index contributed by atoms with van der Waals surface area (Å²) in [7, 11) is 1.89. The van der Waals surface area contributed by atoms with Gasteiger partial charge in [-0.1, -0.05) is 18.2 Å². The van der Waals surface area contributed by atoms with Crippen molar-refractivity contribution in [2.24, 2.45) is 13.0 Å². The number of rotatable bonds is 4. The second-order valence-electron chi connectivity index (χ2n) is 7.10. The van der Waals surface area contributed by atoms with Crippen LogP contribution < -0.4 is 10.6 Å². The molecule has 1 aromatic carbocycles. The van der Waals surface area contributed by atoms with E-state index in [2.05, 4.69) is 20.8 Å². The van der Waals surface area contributed by atoms with Crippen LogP contribution in [0.15, 0.2) is 42.7 Å². The van der Waals surface area contributed by atoms with Crippen LogP contribution in [0, 0.1) is 19.8 Å². The van der Waals surface area contributed by atoms with Gasteiger partial charge >= 0.3 is 0 Å². The first-order valence-corrected chi connectivity index (χ1v) is 9.16. The first kappa shape index (κ1) is 20.1. The zero-order valence-electron chi connectivity index (χ0n) is 16.2. The Kier molecular flexibility index (Phi) is 5.86. The molecule has 2 atom stereocenters. The van der Waals surface area contributed by atoms with E-state index in [4.69, 9.17) is 0 Å². The zero-order valence-corrected chi connectivity index (χ0v) is 17.0. The summed E-state index contributed by atoms with van der Waals surface area (Å²) < 4.78 is 3.65. The molecule has 3 aromatic rings. The van der Waals surface area contributed by atoms with Crippen molar-refractivity contribution in [3.05, 3.63) is 59.7 Å². The number of para-hydroxylation sites is 1. The molecule has 28 heavy (non-hydrogen) atoms. The number of aryl methyl sites for hydroxylation is 2. The predicted molar refractivity (Wildman–Crippen MR) is 111 cm³/mol. The van der Waals surface area contributed by atoms with Crippen molar-refractivity contribution in [2.45, 2.75) is 19.8 Å². The highest BCUT2D eigenvalue weighted by atomic mass is 35.5. The molecule has 0 unspecified atom stereocenters. The van der Waals surface area contributed by atoms with Crippen molar-refractivity contribution in [3.8, 4) is 5.69 Å². The highest BCUT2D eigenvalue weighted by Gasteiger charge is 2.35. The lowest BCUT2D eigenvalue weighted by Gasteiger charge is -2.17. The average molecular weight is 401 g/mol. The summed E-state index contributed by atoms with van der Waals surface area (Å²) >= 11 is 0. The number of nitrogens with one attached hydrogen (secondary N) is 2. The molecule has 2 N–H and O–H groups in total. The molecule has 3 heterocycles. The third-order valence-corrected chi connectivity index (χ3v) is 5.24. The lowest BCUT2D eigenvalue weighted by atomic mass is 9.90. The third kappa shape index (κ3) is 3.68. The lowest BCUT2D eigenvalue weighted by molar-refractivity contribution is -0.119. The molecule has 7 nitrogen and oxygen atoms in total. The minimum absolute atomic E-state index is 0. The maximum Gasteiger partial charge on any atom is 0.229 e. The summed E-state index contributed by atoms with van der Waals surface area (Å²) in [6.45, 7) is 5.35. The summed E-state index contributed by atoms with van der Waals surface area (Å²) in [5, 5.41) is 15.3. The Morgan fingerprint density at radius 2 is 1.96 bits per heavy atom. The molecule has 0 bridgehead atoms. The number of nitrogens with zero attached hydrogens (tertiary/aromatic N) is 4. The van der Waals surface area contributed by atoms with Crippen LogP contribution in [0.1, 0.15) is 22.9 Å². The van der Waals surface area contributed by atoms with Gasteiger partial charge in [-0.25, -0.2) is 4.68 Å². The highest BCUT2D eigenvalue weighted by molar-refractivity contribution is 5.94. The van der Waals surface area contributed by atoms with Crippen LogP contribution in [-0.2, 0) is 11.8 Å². The molecule has 0 radical (unpaired) electrons. The Hall–Kier alpha value is -2.64. The van der Waals surface area contributed by atoms with Crippen molar-refractivity contribution in [1.82, 2.24) is 24.9 Å². The number of halogens is 1. The van der Waals surface area contributed by atoms with Crippen molar-refractivity contribution in [3.63, 3.8) is 0 Å². The summed E-state index contributed by atoms with van der Waals surface area (Å²) in [4.78, 5) is 13.0. The van der Waals surface area contributed by atoms with Crippen LogP contribution in [0.3, 0.4) is 0 Å². The Balaban J connectivity index is 0.00000225. The highest BCUT2D eigenvalue weighted by Crippen LogP contribution is 2.30. The predicted octanol–water partition coefficient (Wildman–Crippen LogP) is 2.59. The molecule has 8 heteroatoms. The minimum atomic E-state index is -0.131. The smallest absolute Gasteiger partial charge is 0.229 e. The van der Waals surface area contributed by atoms with Crippen LogP contribution in [0.5, 0.6) is 0 Å². The van der Waals surface area contributed by atoms with Gasteiger partial charge in [-0.3, -0.25) is 9.48 Å². The van der Waals surface area contributed by atoms with Gasteiger partial charge in [-0.05, 0) is 31.5 Å². The van der Waals surface area contributed by atoms with Crippen LogP contribution in [0.2, 0.25) is 0 Å². The molecule has 1 amide bonds. The van der Waals surface area contributed by atoms with E-state index in [1.807, 2.05) is 68.3 Å². The summed E-state index contributed by atoms with van der Waals surface area (Å²) in [6.07, 6.45) is 3.84. The maximum atomic E-state index is 13.0. The number of hydrogen-bond acceptors (Lipinski definition) is 4. The summed E-state index contributed by atoms with van der Waals surface area (Å²) in [5.41, 5.74) is 4.61. The van der Waals surface area contributed by atoms with Crippen LogP contribution in [0.25, 0.3) is 5.69 Å². The fraction of sp³-hybridized carbons (Fsp3) is 0.350. The standard InChI is InChI=1S/C20H24N6O.ClH/c1-13-19(14(2)26(24-13)16-7-5-4-6-8-16)23-20(27)18-11-21-10-17(18)15-9-22-25(3)12-15;/h4-9,12,17-18,21H,10-11H2,1-3H3,(H,23,27);1H/t17-,18+;/m1./s1. The quantitative estimate of drug-likeness (QED) is 0.705. The van der Waals surface area contributed by atoms with Gasteiger partial charge in [0.1, 0.15) is 0 Å². The zero-order chi connectivity index (χ0) is 19.0. The Labute approximate surface area is 170 Å². The van der Waals surface area contributed by atoms with E-state index < -0.39 is 0 Å². The number of benzene rings is 1. The SMILES string of the molecule is Cc1nn(-c2ccccc2)c(C)c1NC(=O)[C@H]1CNC[C@@H]1c1cnn(C)c1.Cl. The van der Waals surface area contributed by atoms with Crippen LogP contribution in [-0.4, -0.2) is 38.6 Å².